The van der Waals surface area contributed by atoms with Crippen LogP contribution in [0.5, 0.6) is 0 Å². The topological polar surface area (TPSA) is 55.1 Å². The number of aryl methyl sites for hydroxylation is 1. The van der Waals surface area contributed by atoms with Gasteiger partial charge in [-0.3, -0.25) is 4.90 Å². The predicted octanol–water partition coefficient (Wildman–Crippen LogP) is 3.15. The van der Waals surface area contributed by atoms with Gasteiger partial charge in [-0.2, -0.15) is 0 Å². The first-order valence-electron chi connectivity index (χ1n) is 9.37. The van der Waals surface area contributed by atoms with Gasteiger partial charge in [0.2, 0.25) is 0 Å². The second kappa shape index (κ2) is 9.88. The molecule has 0 aliphatic carbocycles. The number of hydrogen-bond acceptors (Lipinski definition) is 5. The summed E-state index contributed by atoms with van der Waals surface area (Å²) in [4.78, 5) is 2.27. The monoisotopic (exact) mass is 359 g/mol. The molecule has 0 bridgehead atoms. The van der Waals surface area contributed by atoms with Crippen molar-refractivity contribution >= 4 is 0 Å². The number of hydrogen-bond donors (Lipinski definition) is 1. The van der Waals surface area contributed by atoms with Crippen LogP contribution in [0.2, 0.25) is 0 Å². The summed E-state index contributed by atoms with van der Waals surface area (Å²) in [5.41, 5.74) is 2.51. The Labute approximate surface area is 155 Å². The Hall–Kier alpha value is -1.66. The maximum absolute atomic E-state index is 10.4. The molecule has 0 unspecified atom stereocenters. The minimum Gasteiger partial charge on any atom is -0.467 e. The molecule has 1 aromatic carbocycles. The highest BCUT2D eigenvalue weighted by molar-refractivity contribution is 5.22. The van der Waals surface area contributed by atoms with Crippen molar-refractivity contribution in [2.24, 2.45) is 0 Å². The summed E-state index contributed by atoms with van der Waals surface area (Å²) in [6.45, 7) is 5.82. The first kappa shape index (κ1) is 19.1. The van der Waals surface area contributed by atoms with Gasteiger partial charge in [-0.1, -0.05) is 29.8 Å². The van der Waals surface area contributed by atoms with E-state index in [-0.39, 0.29) is 12.7 Å². The van der Waals surface area contributed by atoms with Crippen molar-refractivity contribution in [1.29, 1.82) is 0 Å². The number of aliphatic hydroxyl groups excluding tert-OH is 1. The molecule has 2 aromatic rings. The molecule has 0 spiro atoms. The van der Waals surface area contributed by atoms with Crippen LogP contribution in [0.15, 0.2) is 47.1 Å². The summed E-state index contributed by atoms with van der Waals surface area (Å²) >= 11 is 0. The zero-order chi connectivity index (χ0) is 18.2. The summed E-state index contributed by atoms with van der Waals surface area (Å²) in [5, 5.41) is 10.4. The molecule has 5 nitrogen and oxygen atoms in total. The zero-order valence-electron chi connectivity index (χ0n) is 15.5. The Morgan fingerprint density at radius 1 is 1.31 bits per heavy atom. The van der Waals surface area contributed by atoms with Crippen LogP contribution in [0.25, 0.3) is 0 Å². The third-order valence-electron chi connectivity index (χ3n) is 4.58. The van der Waals surface area contributed by atoms with E-state index in [9.17, 15) is 5.11 Å². The second-order valence-electron chi connectivity index (χ2n) is 7.07. The summed E-state index contributed by atoms with van der Waals surface area (Å²) in [6, 6.07) is 12.2. The van der Waals surface area contributed by atoms with Gasteiger partial charge >= 0.3 is 0 Å². The normalized spacial score (nSPS) is 18.5. The van der Waals surface area contributed by atoms with E-state index in [2.05, 4.69) is 36.1 Å². The Morgan fingerprint density at radius 2 is 2.23 bits per heavy atom. The molecule has 0 amide bonds. The van der Waals surface area contributed by atoms with Crippen LogP contribution in [0.1, 0.15) is 29.7 Å². The van der Waals surface area contributed by atoms with Crippen LogP contribution in [-0.2, 0) is 22.6 Å². The number of furan rings is 1. The molecule has 1 aliphatic rings. The fraction of sp³-hybridized carbons (Fsp3) is 0.524. The number of rotatable bonds is 10. The van der Waals surface area contributed by atoms with E-state index in [4.69, 9.17) is 13.9 Å². The molecule has 1 fully saturated rings. The molecule has 1 saturated heterocycles. The lowest BCUT2D eigenvalue weighted by molar-refractivity contribution is -0.00635. The molecule has 2 atom stereocenters. The number of benzene rings is 1. The van der Waals surface area contributed by atoms with Gasteiger partial charge in [-0.25, -0.2) is 0 Å². The molecule has 142 valence electrons. The van der Waals surface area contributed by atoms with Gasteiger partial charge in [0.15, 0.2) is 0 Å². The van der Waals surface area contributed by atoms with Crippen LogP contribution in [0, 0.1) is 6.92 Å². The third kappa shape index (κ3) is 6.25. The van der Waals surface area contributed by atoms with Crippen LogP contribution >= 0.6 is 0 Å². The molecule has 2 heterocycles. The second-order valence-corrected chi connectivity index (χ2v) is 7.07. The van der Waals surface area contributed by atoms with E-state index in [1.165, 1.54) is 11.1 Å². The molecule has 1 aliphatic heterocycles. The molecule has 0 radical (unpaired) electrons. The van der Waals surface area contributed by atoms with E-state index in [0.29, 0.717) is 13.2 Å². The lowest BCUT2D eigenvalue weighted by Crippen LogP contribution is -2.39. The lowest BCUT2D eigenvalue weighted by atomic mass is 10.1. The van der Waals surface area contributed by atoms with Gasteiger partial charge in [-0.05, 0) is 37.5 Å². The minimum atomic E-state index is -0.545. The first-order valence-corrected chi connectivity index (χ1v) is 9.37. The molecular formula is C21H29NO4. The highest BCUT2D eigenvalue weighted by atomic mass is 16.5. The zero-order valence-corrected chi connectivity index (χ0v) is 15.5. The number of aliphatic hydroxyl groups is 1. The molecule has 5 heteroatoms. The van der Waals surface area contributed by atoms with Crippen LogP contribution in [-0.4, -0.2) is 48.5 Å². The lowest BCUT2D eigenvalue weighted by Gasteiger charge is -2.27. The highest BCUT2D eigenvalue weighted by Crippen LogP contribution is 2.16. The predicted molar refractivity (Wildman–Crippen MR) is 99.8 cm³/mol. The summed E-state index contributed by atoms with van der Waals surface area (Å²) < 4.78 is 16.6. The number of ether oxygens (including phenoxy) is 2. The van der Waals surface area contributed by atoms with Crippen molar-refractivity contribution in [2.45, 2.75) is 45.1 Å². The summed E-state index contributed by atoms with van der Waals surface area (Å²) in [5.74, 6) is 0.771. The van der Waals surface area contributed by atoms with Crippen molar-refractivity contribution in [2.75, 3.05) is 26.3 Å². The SMILES string of the molecule is Cc1cccc(CN(C[C@H](O)COCc2ccco2)C[C@H]2CCCO2)c1. The molecule has 26 heavy (non-hydrogen) atoms. The van der Waals surface area contributed by atoms with Crippen molar-refractivity contribution in [3.63, 3.8) is 0 Å². The van der Waals surface area contributed by atoms with Crippen molar-refractivity contribution in [3.05, 3.63) is 59.5 Å². The van der Waals surface area contributed by atoms with Crippen LogP contribution in [0.3, 0.4) is 0 Å². The average Bonchev–Trinajstić information content (AvgIpc) is 3.28. The molecular weight excluding hydrogens is 330 g/mol. The smallest absolute Gasteiger partial charge is 0.129 e. The fourth-order valence-corrected chi connectivity index (χ4v) is 3.39. The van der Waals surface area contributed by atoms with Gasteiger partial charge in [-0.15, -0.1) is 0 Å². The highest BCUT2D eigenvalue weighted by Gasteiger charge is 2.21. The minimum absolute atomic E-state index is 0.260. The Morgan fingerprint density at radius 3 is 2.96 bits per heavy atom. The summed E-state index contributed by atoms with van der Waals surface area (Å²) in [7, 11) is 0. The van der Waals surface area contributed by atoms with Gasteiger partial charge in [0.05, 0.1) is 25.1 Å². The maximum Gasteiger partial charge on any atom is 0.129 e. The van der Waals surface area contributed by atoms with Crippen molar-refractivity contribution < 1.29 is 19.0 Å². The molecule has 3 rings (SSSR count). The van der Waals surface area contributed by atoms with E-state index in [0.717, 1.165) is 38.3 Å². The first-order chi connectivity index (χ1) is 12.7. The quantitative estimate of drug-likeness (QED) is 0.706. The van der Waals surface area contributed by atoms with Gasteiger partial charge < -0.3 is 19.0 Å². The third-order valence-corrected chi connectivity index (χ3v) is 4.58. The molecule has 1 N–H and O–H groups in total. The van der Waals surface area contributed by atoms with E-state index in [1.807, 2.05) is 12.1 Å². The fourth-order valence-electron chi connectivity index (χ4n) is 3.39. The average molecular weight is 359 g/mol. The van der Waals surface area contributed by atoms with Crippen molar-refractivity contribution in [3.8, 4) is 0 Å². The van der Waals surface area contributed by atoms with Crippen LogP contribution < -0.4 is 0 Å². The largest absolute Gasteiger partial charge is 0.467 e. The Balaban J connectivity index is 1.51. The molecule has 1 aromatic heterocycles. The van der Waals surface area contributed by atoms with E-state index >= 15 is 0 Å². The Kier molecular flexibility index (Phi) is 7.26. The number of nitrogens with zero attached hydrogens (tertiary/aromatic N) is 1. The maximum atomic E-state index is 10.4. The van der Waals surface area contributed by atoms with Crippen molar-refractivity contribution in [1.82, 2.24) is 4.90 Å². The Bertz CT molecular complexity index is 637. The van der Waals surface area contributed by atoms with E-state index < -0.39 is 6.10 Å². The van der Waals surface area contributed by atoms with Gasteiger partial charge in [0, 0.05) is 26.2 Å². The molecule has 0 saturated carbocycles. The standard InChI is InChI=1S/C21H29NO4/c1-17-5-2-6-18(11-17)12-22(14-20-7-3-9-25-20)13-19(23)15-24-16-21-8-4-10-26-21/h2,4-6,8,10-11,19-20,23H,3,7,9,12-16H2,1H3/t19-,20+/m0/s1. The van der Waals surface area contributed by atoms with E-state index in [1.54, 1.807) is 6.26 Å². The van der Waals surface area contributed by atoms with Gasteiger partial charge in [0.25, 0.3) is 0 Å². The van der Waals surface area contributed by atoms with Gasteiger partial charge in [0.1, 0.15) is 12.4 Å². The summed E-state index contributed by atoms with van der Waals surface area (Å²) in [6.07, 6.45) is 3.56. The van der Waals surface area contributed by atoms with Crippen LogP contribution in [0.4, 0.5) is 0 Å².